The number of hydrogen-bond acceptors (Lipinski definition) is 4. The van der Waals surface area contributed by atoms with Gasteiger partial charge in [0.1, 0.15) is 16.6 Å². The summed E-state index contributed by atoms with van der Waals surface area (Å²) in [6.45, 7) is 3.14. The first-order valence-corrected chi connectivity index (χ1v) is 9.73. The number of halogens is 7. The van der Waals surface area contributed by atoms with Gasteiger partial charge in [-0.15, -0.1) is 11.7 Å². The standard InChI is InChI=1S/C6H4ClF2N.C6H4ClNO.C4H10F3NS/c7-5-3-4(6(8)9)1-2-10-5;7-6-3-5(4-9)1-2-8-6;1-3-8(4-2)9(5,6)7/h1-3,6H;1-4H;3-4H2,1-2H3. The van der Waals surface area contributed by atoms with E-state index >= 15 is 0 Å². The second-order valence-electron chi connectivity index (χ2n) is 4.74. The van der Waals surface area contributed by atoms with E-state index in [4.69, 9.17) is 23.2 Å². The van der Waals surface area contributed by atoms with Crippen molar-refractivity contribution >= 4 is 40.9 Å². The molecule has 12 heteroatoms. The number of carbonyl (C=O) groups is 1. The van der Waals surface area contributed by atoms with Gasteiger partial charge in [-0.1, -0.05) is 37.0 Å². The van der Waals surface area contributed by atoms with Crippen molar-refractivity contribution in [3.8, 4) is 0 Å². The van der Waals surface area contributed by atoms with Gasteiger partial charge in [-0.2, -0.15) is 4.31 Å². The fourth-order valence-corrected chi connectivity index (χ4v) is 2.51. The van der Waals surface area contributed by atoms with E-state index in [0.717, 1.165) is 12.4 Å². The number of pyridine rings is 2. The van der Waals surface area contributed by atoms with Crippen LogP contribution in [0.2, 0.25) is 10.3 Å². The van der Waals surface area contributed by atoms with E-state index < -0.39 is 17.8 Å². The van der Waals surface area contributed by atoms with Gasteiger partial charge in [0.15, 0.2) is 0 Å². The maximum absolute atomic E-state index is 11.9. The Morgan fingerprint density at radius 1 is 1.04 bits per heavy atom. The van der Waals surface area contributed by atoms with Crippen LogP contribution in [-0.4, -0.2) is 33.6 Å². The van der Waals surface area contributed by atoms with E-state index in [1.807, 2.05) is 0 Å². The van der Waals surface area contributed by atoms with Crippen molar-refractivity contribution in [2.45, 2.75) is 20.3 Å². The Morgan fingerprint density at radius 2 is 1.54 bits per heavy atom. The van der Waals surface area contributed by atoms with Gasteiger partial charge in [-0.3, -0.25) is 4.79 Å². The van der Waals surface area contributed by atoms with Gasteiger partial charge >= 0.3 is 0 Å². The number of nitrogens with zero attached hydrogens (tertiary/aromatic N) is 3. The molecule has 0 unspecified atom stereocenters. The van der Waals surface area contributed by atoms with Crippen LogP contribution in [0.25, 0.3) is 0 Å². The highest BCUT2D eigenvalue weighted by molar-refractivity contribution is 8.18. The van der Waals surface area contributed by atoms with Crippen molar-refractivity contribution in [1.29, 1.82) is 0 Å². The number of rotatable bonds is 5. The first kappa shape index (κ1) is 26.5. The Labute approximate surface area is 172 Å². The zero-order valence-corrected chi connectivity index (χ0v) is 17.2. The molecule has 0 saturated carbocycles. The molecule has 0 saturated heterocycles. The van der Waals surface area contributed by atoms with E-state index in [1.165, 1.54) is 38.4 Å². The first-order valence-electron chi connectivity index (χ1n) is 7.68. The molecule has 2 aromatic heterocycles. The maximum Gasteiger partial charge on any atom is 0.278 e. The highest BCUT2D eigenvalue weighted by Gasteiger charge is 2.27. The molecule has 0 aliphatic heterocycles. The Hall–Kier alpha value is -1.49. The molecular weight excluding hydrogens is 448 g/mol. The van der Waals surface area contributed by atoms with Crippen LogP contribution in [0.5, 0.6) is 0 Å². The molecule has 4 nitrogen and oxygen atoms in total. The molecule has 0 atom stereocenters. The van der Waals surface area contributed by atoms with Crippen LogP contribution < -0.4 is 0 Å². The average Bonchev–Trinajstić information content (AvgIpc) is 2.62. The summed E-state index contributed by atoms with van der Waals surface area (Å²) in [5, 5.41) is 0.442. The second kappa shape index (κ2) is 13.6. The molecule has 0 spiro atoms. The molecule has 0 amide bonds. The maximum atomic E-state index is 11.9. The summed E-state index contributed by atoms with van der Waals surface area (Å²) >= 11 is 5.87. The SMILES string of the molecule is CCN(CC)S(F)(F)F.FC(F)c1ccnc(Cl)c1.O=Cc1ccnc(Cl)c1. The molecule has 0 radical (unpaired) electrons. The minimum absolute atomic E-state index is 0.0648. The molecular formula is C16H18Cl2F5N3OS. The van der Waals surface area contributed by atoms with Crippen molar-refractivity contribution in [1.82, 2.24) is 14.3 Å². The number of alkyl halides is 2. The van der Waals surface area contributed by atoms with Crippen molar-refractivity contribution < 1.29 is 25.2 Å². The van der Waals surface area contributed by atoms with Crippen molar-refractivity contribution in [2.75, 3.05) is 13.1 Å². The topological polar surface area (TPSA) is 46.1 Å². The van der Waals surface area contributed by atoms with Gasteiger partial charge < -0.3 is 0 Å². The summed E-state index contributed by atoms with van der Waals surface area (Å²) in [6, 6.07) is 5.48. The average molecular weight is 466 g/mol. The zero-order chi connectivity index (χ0) is 21.7. The van der Waals surface area contributed by atoms with Crippen LogP contribution in [0.1, 0.15) is 36.2 Å². The lowest BCUT2D eigenvalue weighted by Gasteiger charge is -2.23. The van der Waals surface area contributed by atoms with Gasteiger partial charge in [-0.25, -0.2) is 18.7 Å². The molecule has 0 bridgehead atoms. The Bertz CT molecular complexity index is 719. The minimum atomic E-state index is -4.93. The lowest BCUT2D eigenvalue weighted by atomic mass is 10.3. The normalized spacial score (nSPS) is 11.2. The molecule has 0 N–H and O–H groups in total. The van der Waals surface area contributed by atoms with Gasteiger partial charge in [-0.05, 0) is 24.3 Å². The summed E-state index contributed by atoms with van der Waals surface area (Å²) in [7, 11) is 0. The number of hydrogen-bond donors (Lipinski definition) is 0. The molecule has 2 heterocycles. The van der Waals surface area contributed by atoms with E-state index in [2.05, 4.69) is 9.97 Å². The van der Waals surface area contributed by atoms with Crippen LogP contribution in [0.15, 0.2) is 36.7 Å². The fraction of sp³-hybridized carbons (Fsp3) is 0.312. The smallest absolute Gasteiger partial charge is 0.278 e. The minimum Gasteiger partial charge on any atom is -0.298 e. The van der Waals surface area contributed by atoms with Crippen LogP contribution in [0.3, 0.4) is 0 Å². The monoisotopic (exact) mass is 465 g/mol. The Morgan fingerprint density at radius 3 is 1.79 bits per heavy atom. The summed E-state index contributed by atoms with van der Waals surface area (Å²) in [4.78, 5) is 17.3. The lowest BCUT2D eigenvalue weighted by Crippen LogP contribution is -2.19. The van der Waals surface area contributed by atoms with Crippen molar-refractivity contribution in [3.05, 3.63) is 58.1 Å². The summed E-state index contributed by atoms with van der Waals surface area (Å²) in [6.07, 6.45) is 1.00. The largest absolute Gasteiger partial charge is 0.298 e. The van der Waals surface area contributed by atoms with Crippen molar-refractivity contribution in [2.24, 2.45) is 0 Å². The lowest BCUT2D eigenvalue weighted by molar-refractivity contribution is 0.112. The van der Waals surface area contributed by atoms with E-state index in [0.29, 0.717) is 15.0 Å². The van der Waals surface area contributed by atoms with Crippen molar-refractivity contribution in [3.63, 3.8) is 0 Å². The summed E-state index contributed by atoms with van der Waals surface area (Å²) in [5.74, 6) is 0. The van der Waals surface area contributed by atoms with Crippen LogP contribution in [0, 0.1) is 0 Å². The van der Waals surface area contributed by atoms with E-state index in [9.17, 15) is 25.2 Å². The molecule has 2 aromatic rings. The number of carbonyl (C=O) groups excluding carboxylic acids is 1. The molecule has 158 valence electrons. The number of aromatic nitrogens is 2. The Kier molecular flexibility index (Phi) is 12.9. The molecule has 2 rings (SSSR count). The highest BCUT2D eigenvalue weighted by Crippen LogP contribution is 2.55. The van der Waals surface area contributed by atoms with Crippen LogP contribution in [-0.2, 0) is 0 Å². The Balaban J connectivity index is 0.000000392. The summed E-state index contributed by atoms with van der Waals surface area (Å²) in [5.41, 5.74) is 0.454. The molecule has 0 aliphatic rings. The molecule has 0 aromatic carbocycles. The van der Waals surface area contributed by atoms with Gasteiger partial charge in [0.05, 0.1) is 0 Å². The molecule has 28 heavy (non-hydrogen) atoms. The third kappa shape index (κ3) is 11.4. The summed E-state index contributed by atoms with van der Waals surface area (Å²) < 4.78 is 59.4. The quantitative estimate of drug-likeness (QED) is 0.273. The second-order valence-corrected chi connectivity index (χ2v) is 6.79. The zero-order valence-electron chi connectivity index (χ0n) is 14.8. The van der Waals surface area contributed by atoms with Gasteiger partial charge in [0.25, 0.3) is 17.8 Å². The molecule has 0 fully saturated rings. The van der Waals surface area contributed by atoms with Gasteiger partial charge in [0, 0.05) is 36.6 Å². The first-order chi connectivity index (χ1) is 13.0. The number of aldehydes is 1. The highest BCUT2D eigenvalue weighted by atomic mass is 35.5. The van der Waals surface area contributed by atoms with Gasteiger partial charge in [0.2, 0.25) is 0 Å². The van der Waals surface area contributed by atoms with E-state index in [1.54, 1.807) is 6.07 Å². The van der Waals surface area contributed by atoms with E-state index in [-0.39, 0.29) is 23.8 Å². The van der Waals surface area contributed by atoms with Crippen LogP contribution >= 0.6 is 34.6 Å². The predicted molar refractivity (Wildman–Crippen MR) is 103 cm³/mol. The van der Waals surface area contributed by atoms with Crippen LogP contribution in [0.4, 0.5) is 20.4 Å². The third-order valence-corrected chi connectivity index (χ3v) is 4.40. The molecule has 0 aliphatic carbocycles. The predicted octanol–water partition coefficient (Wildman–Crippen LogP) is 6.92. The fourth-order valence-electron chi connectivity index (χ4n) is 1.56. The third-order valence-electron chi connectivity index (χ3n) is 2.89.